The molecule has 2 saturated heterocycles. The van der Waals surface area contributed by atoms with Crippen molar-refractivity contribution in [3.63, 3.8) is 0 Å². The van der Waals surface area contributed by atoms with Crippen LogP contribution in [-0.2, 0) is 11.3 Å². The van der Waals surface area contributed by atoms with Gasteiger partial charge in [-0.3, -0.25) is 14.7 Å². The third-order valence-corrected chi connectivity index (χ3v) is 6.52. The predicted molar refractivity (Wildman–Crippen MR) is 113 cm³/mol. The monoisotopic (exact) mass is 409 g/mol. The van der Waals surface area contributed by atoms with Crippen molar-refractivity contribution in [3.8, 4) is 5.75 Å². The van der Waals surface area contributed by atoms with Gasteiger partial charge in [0.15, 0.2) is 0 Å². The van der Waals surface area contributed by atoms with Crippen molar-refractivity contribution in [3.05, 3.63) is 64.4 Å². The Morgan fingerprint density at radius 2 is 2.03 bits per heavy atom. The molecule has 5 rings (SSSR count). The molecule has 1 amide bonds. The molecule has 6 heteroatoms. The minimum atomic E-state index is -0.230. The van der Waals surface area contributed by atoms with Crippen molar-refractivity contribution in [1.29, 1.82) is 0 Å². The largest absolute Gasteiger partial charge is 0.489 e. The maximum Gasteiger partial charge on any atom is 0.230 e. The molecule has 0 radical (unpaired) electrons. The van der Waals surface area contributed by atoms with Crippen LogP contribution in [0.2, 0.25) is 5.02 Å². The maximum atomic E-state index is 13.2. The quantitative estimate of drug-likeness (QED) is 0.773. The van der Waals surface area contributed by atoms with Gasteiger partial charge in [0.25, 0.3) is 0 Å². The van der Waals surface area contributed by atoms with Crippen LogP contribution in [0, 0.1) is 5.41 Å². The third kappa shape index (κ3) is 3.65. The normalized spacial score (nSPS) is 24.0. The van der Waals surface area contributed by atoms with Gasteiger partial charge >= 0.3 is 0 Å². The Bertz CT molecular complexity index is 962. The number of carbonyl (C=O) groups excluding carboxylic acids is 1. The van der Waals surface area contributed by atoms with Crippen LogP contribution in [-0.4, -0.2) is 53.5 Å². The van der Waals surface area contributed by atoms with E-state index in [1.54, 1.807) is 6.20 Å². The van der Waals surface area contributed by atoms with Crippen LogP contribution >= 0.6 is 11.6 Å². The van der Waals surface area contributed by atoms with Crippen molar-refractivity contribution in [2.75, 3.05) is 32.8 Å². The Morgan fingerprint density at radius 1 is 1.14 bits per heavy atom. The topological polar surface area (TPSA) is 45.7 Å². The molecule has 1 atom stereocenters. The fourth-order valence-corrected chi connectivity index (χ4v) is 4.96. The number of carbonyl (C=O) groups is 1. The van der Waals surface area contributed by atoms with E-state index in [1.165, 1.54) is 5.57 Å². The number of aromatic nitrogens is 1. The van der Waals surface area contributed by atoms with E-state index in [9.17, 15) is 4.79 Å². The lowest BCUT2D eigenvalue weighted by atomic mass is 9.85. The molecule has 0 aliphatic carbocycles. The Balaban J connectivity index is 1.24. The molecular weight excluding hydrogens is 386 g/mol. The van der Waals surface area contributed by atoms with Gasteiger partial charge in [-0.2, -0.15) is 0 Å². The van der Waals surface area contributed by atoms with Gasteiger partial charge in [0, 0.05) is 36.4 Å². The summed E-state index contributed by atoms with van der Waals surface area (Å²) in [6.45, 7) is 4.63. The fraction of sp³-hybridized carbons (Fsp3) is 0.391. The molecule has 0 N–H and O–H groups in total. The van der Waals surface area contributed by atoms with E-state index < -0.39 is 0 Å². The van der Waals surface area contributed by atoms with Crippen molar-refractivity contribution >= 4 is 23.6 Å². The van der Waals surface area contributed by atoms with Gasteiger partial charge in [0.2, 0.25) is 5.91 Å². The van der Waals surface area contributed by atoms with Gasteiger partial charge in [-0.05, 0) is 61.4 Å². The molecule has 0 bridgehead atoms. The van der Waals surface area contributed by atoms with Gasteiger partial charge in [-0.1, -0.05) is 17.7 Å². The highest BCUT2D eigenvalue weighted by atomic mass is 35.5. The van der Waals surface area contributed by atoms with E-state index in [0.717, 1.165) is 61.1 Å². The highest BCUT2D eigenvalue weighted by Crippen LogP contribution is 2.41. The zero-order chi connectivity index (χ0) is 19.8. The molecule has 150 valence electrons. The Kier molecular flexibility index (Phi) is 4.80. The molecule has 1 unspecified atom stereocenters. The maximum absolute atomic E-state index is 13.2. The molecule has 2 fully saturated rings. The number of rotatable bonds is 4. The zero-order valence-corrected chi connectivity index (χ0v) is 17.1. The number of fused-ring (bicyclic) bond motifs is 1. The summed E-state index contributed by atoms with van der Waals surface area (Å²) in [5.74, 6) is 1.17. The second kappa shape index (κ2) is 7.47. The minimum Gasteiger partial charge on any atom is -0.489 e. The number of likely N-dealkylation sites (tertiary alicyclic amines) is 2. The van der Waals surface area contributed by atoms with Crippen LogP contribution in [0.4, 0.5) is 0 Å². The number of halogens is 1. The summed E-state index contributed by atoms with van der Waals surface area (Å²) in [5, 5.41) is 0.717. The number of hydrogen-bond acceptors (Lipinski definition) is 4. The zero-order valence-electron chi connectivity index (χ0n) is 16.3. The van der Waals surface area contributed by atoms with E-state index in [-0.39, 0.29) is 11.3 Å². The van der Waals surface area contributed by atoms with Crippen LogP contribution in [0.5, 0.6) is 5.75 Å². The second-order valence-corrected chi connectivity index (χ2v) is 8.75. The van der Waals surface area contributed by atoms with Gasteiger partial charge < -0.3 is 9.64 Å². The predicted octanol–water partition coefficient (Wildman–Crippen LogP) is 3.64. The number of ether oxygens (including phenoxy) is 1. The Morgan fingerprint density at radius 3 is 2.90 bits per heavy atom. The number of hydrogen-bond donors (Lipinski definition) is 0. The molecule has 1 aromatic heterocycles. The third-order valence-electron chi connectivity index (χ3n) is 6.28. The van der Waals surface area contributed by atoms with Gasteiger partial charge in [-0.25, -0.2) is 0 Å². The first-order chi connectivity index (χ1) is 14.1. The SMILES string of the molecule is O=C1N(Cc2ccccn2)CCC12CCN(CC1=Cc3cc(Cl)ccc3OC1)C2. The lowest BCUT2D eigenvalue weighted by Crippen LogP contribution is -2.37. The summed E-state index contributed by atoms with van der Waals surface area (Å²) in [6.07, 6.45) is 5.83. The summed E-state index contributed by atoms with van der Waals surface area (Å²) >= 11 is 6.12. The minimum absolute atomic E-state index is 0.230. The Hall–Kier alpha value is -2.37. The van der Waals surface area contributed by atoms with Crippen LogP contribution in [0.1, 0.15) is 24.1 Å². The molecule has 4 heterocycles. The average molecular weight is 410 g/mol. The second-order valence-electron chi connectivity index (χ2n) is 8.31. The Labute approximate surface area is 175 Å². The van der Waals surface area contributed by atoms with Gasteiger partial charge in [0.05, 0.1) is 17.7 Å². The first-order valence-electron chi connectivity index (χ1n) is 10.1. The lowest BCUT2D eigenvalue weighted by molar-refractivity contribution is -0.136. The molecule has 5 nitrogen and oxygen atoms in total. The van der Waals surface area contributed by atoms with E-state index in [2.05, 4.69) is 16.0 Å². The highest BCUT2D eigenvalue weighted by molar-refractivity contribution is 6.30. The number of nitrogens with zero attached hydrogens (tertiary/aromatic N) is 3. The number of pyridine rings is 1. The molecule has 1 aromatic carbocycles. The van der Waals surface area contributed by atoms with E-state index in [1.807, 2.05) is 41.3 Å². The summed E-state index contributed by atoms with van der Waals surface area (Å²) in [6, 6.07) is 11.6. The van der Waals surface area contributed by atoms with Crippen LogP contribution in [0.15, 0.2) is 48.2 Å². The first kappa shape index (κ1) is 18.6. The summed E-state index contributed by atoms with van der Waals surface area (Å²) in [5.41, 5.74) is 2.99. The first-order valence-corrected chi connectivity index (χ1v) is 10.5. The van der Waals surface area contributed by atoms with E-state index in [0.29, 0.717) is 13.2 Å². The molecule has 2 aromatic rings. The summed E-state index contributed by atoms with van der Waals surface area (Å²) in [7, 11) is 0. The molecule has 29 heavy (non-hydrogen) atoms. The van der Waals surface area contributed by atoms with Crippen molar-refractivity contribution in [1.82, 2.24) is 14.8 Å². The van der Waals surface area contributed by atoms with Crippen molar-refractivity contribution in [2.24, 2.45) is 5.41 Å². The average Bonchev–Trinajstić information content (AvgIpc) is 3.27. The fourth-order valence-electron chi connectivity index (χ4n) is 4.78. The molecule has 3 aliphatic heterocycles. The standard InChI is InChI=1S/C23H24ClN3O2/c24-19-4-5-21-18(12-19)11-17(15-29-21)13-26-9-6-23(16-26)7-10-27(22(23)28)14-20-3-1-2-8-25-20/h1-5,8,11-12H,6-7,9-10,13-16H2. The number of benzene rings is 1. The highest BCUT2D eigenvalue weighted by Gasteiger charge is 2.50. The van der Waals surface area contributed by atoms with Crippen molar-refractivity contribution < 1.29 is 9.53 Å². The van der Waals surface area contributed by atoms with Gasteiger partial charge in [0.1, 0.15) is 12.4 Å². The number of amides is 1. The van der Waals surface area contributed by atoms with Crippen molar-refractivity contribution in [2.45, 2.75) is 19.4 Å². The molecule has 0 saturated carbocycles. The molecule has 1 spiro atoms. The smallest absolute Gasteiger partial charge is 0.230 e. The summed E-state index contributed by atoms with van der Waals surface area (Å²) in [4.78, 5) is 21.9. The van der Waals surface area contributed by atoms with Crippen LogP contribution < -0.4 is 4.74 Å². The molecule has 3 aliphatic rings. The van der Waals surface area contributed by atoms with E-state index in [4.69, 9.17) is 16.3 Å². The molecular formula is C23H24ClN3O2. The van der Waals surface area contributed by atoms with Gasteiger partial charge in [-0.15, -0.1) is 0 Å². The lowest BCUT2D eigenvalue weighted by Gasteiger charge is -2.25. The van der Waals surface area contributed by atoms with Crippen LogP contribution in [0.25, 0.3) is 6.08 Å². The van der Waals surface area contributed by atoms with E-state index >= 15 is 0 Å². The van der Waals surface area contributed by atoms with Crippen LogP contribution in [0.3, 0.4) is 0 Å². The summed E-state index contributed by atoms with van der Waals surface area (Å²) < 4.78 is 5.89.